The minimum atomic E-state index is 0.659. The van der Waals surface area contributed by atoms with Crippen LogP contribution in [0.1, 0.15) is 33.6 Å². The summed E-state index contributed by atoms with van der Waals surface area (Å²) >= 11 is 0. The summed E-state index contributed by atoms with van der Waals surface area (Å²) in [6.07, 6.45) is 4.43. The molecule has 0 aromatic carbocycles. The molecule has 0 amide bonds. The van der Waals surface area contributed by atoms with Gasteiger partial charge in [-0.1, -0.05) is 0 Å². The van der Waals surface area contributed by atoms with E-state index in [2.05, 4.69) is 40.2 Å². The molecule has 62 valence electrons. The predicted octanol–water partition coefficient (Wildman–Crippen LogP) is 2.92. The van der Waals surface area contributed by atoms with Gasteiger partial charge in [-0.15, -0.1) is 0 Å². The van der Waals surface area contributed by atoms with Crippen molar-refractivity contribution in [3.63, 3.8) is 0 Å². The van der Waals surface area contributed by atoms with Crippen LogP contribution in [0.15, 0.2) is 12.7 Å². The first-order valence-electron chi connectivity index (χ1n) is 4.46. The Morgan fingerprint density at radius 2 is 2.00 bits per heavy atom. The normalized spacial score (nSPS) is 13.5. The van der Waals surface area contributed by atoms with Gasteiger partial charge in [0.2, 0.25) is 0 Å². The molecule has 11 heavy (non-hydrogen) atoms. The molecule has 0 radical (unpaired) electrons. The van der Waals surface area contributed by atoms with Crippen molar-refractivity contribution in [2.75, 3.05) is 0 Å². The standard InChI is InChI=1S/C10H19B/c1-5-10(4)7-6-8-11-9(2)3/h5,8-10H,1,6-7H2,2-4H3. The van der Waals surface area contributed by atoms with Crippen molar-refractivity contribution >= 4 is 12.9 Å². The zero-order valence-electron chi connectivity index (χ0n) is 8.01. The Labute approximate surface area is 71.6 Å². The summed E-state index contributed by atoms with van der Waals surface area (Å²) < 4.78 is 0. The van der Waals surface area contributed by atoms with E-state index in [4.69, 9.17) is 0 Å². The number of hydrogen-bond acceptors (Lipinski definition) is 0. The van der Waals surface area contributed by atoms with Gasteiger partial charge in [0.1, 0.15) is 0 Å². The topological polar surface area (TPSA) is 0 Å². The van der Waals surface area contributed by atoms with Gasteiger partial charge in [-0.3, -0.25) is 0 Å². The summed E-state index contributed by atoms with van der Waals surface area (Å²) in [5.41, 5.74) is 0. The van der Waals surface area contributed by atoms with Gasteiger partial charge >= 0.3 is 70.9 Å². The molecule has 0 aromatic heterocycles. The van der Waals surface area contributed by atoms with Gasteiger partial charge in [-0.05, 0) is 0 Å². The van der Waals surface area contributed by atoms with Gasteiger partial charge < -0.3 is 0 Å². The molecule has 0 saturated carbocycles. The molecule has 1 atom stereocenters. The van der Waals surface area contributed by atoms with Crippen molar-refractivity contribution in [3.8, 4) is 0 Å². The minimum absolute atomic E-state index is 0.659. The molecule has 0 aliphatic carbocycles. The fourth-order valence-electron chi connectivity index (χ4n) is 0.845. The van der Waals surface area contributed by atoms with Gasteiger partial charge in [0.05, 0.1) is 0 Å². The van der Waals surface area contributed by atoms with Crippen molar-refractivity contribution in [2.24, 2.45) is 5.92 Å². The van der Waals surface area contributed by atoms with Crippen molar-refractivity contribution in [2.45, 2.75) is 39.4 Å². The van der Waals surface area contributed by atoms with Gasteiger partial charge in [0.15, 0.2) is 0 Å². The van der Waals surface area contributed by atoms with Gasteiger partial charge in [0.25, 0.3) is 0 Å². The molecule has 0 nitrogen and oxygen atoms in total. The second-order valence-corrected chi connectivity index (χ2v) is 3.46. The van der Waals surface area contributed by atoms with Gasteiger partial charge in [-0.2, -0.15) is 0 Å². The second-order valence-electron chi connectivity index (χ2n) is 3.46. The Bertz CT molecular complexity index is 125. The van der Waals surface area contributed by atoms with Gasteiger partial charge in [0, 0.05) is 0 Å². The summed E-state index contributed by atoms with van der Waals surface area (Å²) in [4.78, 5) is 0. The van der Waals surface area contributed by atoms with Crippen LogP contribution in [-0.4, -0.2) is 12.9 Å². The first-order valence-corrected chi connectivity index (χ1v) is 4.46. The Balaban J connectivity index is 3.33. The predicted molar refractivity (Wildman–Crippen MR) is 55.5 cm³/mol. The third-order valence-corrected chi connectivity index (χ3v) is 1.71. The summed E-state index contributed by atoms with van der Waals surface area (Å²) in [7, 11) is 0. The average Bonchev–Trinajstić information content (AvgIpc) is 1.97. The first kappa shape index (κ1) is 10.7. The number of allylic oxidation sites excluding steroid dienone is 1. The monoisotopic (exact) mass is 150 g/mol. The SMILES string of the molecule is C=CC(C)CCC=BC(C)C. The molecule has 0 heterocycles. The molecule has 0 N–H and O–H groups in total. The van der Waals surface area contributed by atoms with Crippen LogP contribution < -0.4 is 0 Å². The van der Waals surface area contributed by atoms with Crippen molar-refractivity contribution in [1.82, 2.24) is 0 Å². The van der Waals surface area contributed by atoms with E-state index in [1.807, 2.05) is 6.08 Å². The summed E-state index contributed by atoms with van der Waals surface area (Å²) in [6.45, 7) is 12.6. The molecular formula is C10H19B. The van der Waals surface area contributed by atoms with Crippen LogP contribution in [0, 0.1) is 5.92 Å². The quantitative estimate of drug-likeness (QED) is 0.417. The first-order chi connectivity index (χ1) is 5.16. The van der Waals surface area contributed by atoms with E-state index in [9.17, 15) is 0 Å². The van der Waals surface area contributed by atoms with E-state index in [0.717, 1.165) is 0 Å². The third kappa shape index (κ3) is 7.57. The molecule has 0 aliphatic rings. The van der Waals surface area contributed by atoms with E-state index >= 15 is 0 Å². The van der Waals surface area contributed by atoms with Crippen molar-refractivity contribution in [1.29, 1.82) is 0 Å². The summed E-state index contributed by atoms with van der Waals surface area (Å²) in [5, 5.41) is 0. The van der Waals surface area contributed by atoms with Crippen LogP contribution in [0.3, 0.4) is 0 Å². The molecule has 0 spiro atoms. The van der Waals surface area contributed by atoms with Crippen LogP contribution in [0.5, 0.6) is 0 Å². The van der Waals surface area contributed by atoms with Crippen LogP contribution in [-0.2, 0) is 0 Å². The summed E-state index contributed by atoms with van der Waals surface area (Å²) in [5.74, 6) is 3.62. The third-order valence-electron chi connectivity index (χ3n) is 1.71. The number of rotatable bonds is 5. The molecule has 0 rings (SSSR count). The van der Waals surface area contributed by atoms with E-state index < -0.39 is 0 Å². The molecular weight excluding hydrogens is 131 g/mol. The van der Waals surface area contributed by atoms with Crippen LogP contribution in [0.25, 0.3) is 0 Å². The van der Waals surface area contributed by atoms with E-state index in [0.29, 0.717) is 11.7 Å². The maximum atomic E-state index is 3.75. The molecule has 0 saturated heterocycles. The van der Waals surface area contributed by atoms with Crippen LogP contribution in [0.4, 0.5) is 0 Å². The molecule has 1 unspecified atom stereocenters. The van der Waals surface area contributed by atoms with Crippen LogP contribution in [0.2, 0.25) is 5.82 Å². The fourth-order valence-corrected chi connectivity index (χ4v) is 0.845. The molecule has 0 aromatic rings. The van der Waals surface area contributed by atoms with Crippen molar-refractivity contribution in [3.05, 3.63) is 12.7 Å². The molecule has 0 bridgehead atoms. The van der Waals surface area contributed by atoms with E-state index in [-0.39, 0.29) is 0 Å². The molecule has 1 heteroatoms. The Hall–Kier alpha value is -0.325. The van der Waals surface area contributed by atoms with Crippen molar-refractivity contribution < 1.29 is 0 Å². The Morgan fingerprint density at radius 3 is 2.45 bits per heavy atom. The maximum absolute atomic E-state index is 3.75. The summed E-state index contributed by atoms with van der Waals surface area (Å²) in [6, 6.07) is 0. The Morgan fingerprint density at radius 1 is 1.36 bits per heavy atom. The van der Waals surface area contributed by atoms with Crippen LogP contribution >= 0.6 is 0 Å². The number of hydrogen-bond donors (Lipinski definition) is 0. The molecule has 0 aliphatic heterocycles. The zero-order valence-corrected chi connectivity index (χ0v) is 8.01. The average molecular weight is 150 g/mol. The fraction of sp³-hybridized carbons (Fsp3) is 0.700. The van der Waals surface area contributed by atoms with E-state index in [1.54, 1.807) is 0 Å². The second kappa shape index (κ2) is 6.39. The zero-order chi connectivity index (χ0) is 8.69. The van der Waals surface area contributed by atoms with Gasteiger partial charge in [-0.25, -0.2) is 0 Å². The molecule has 0 fully saturated rings. The van der Waals surface area contributed by atoms with E-state index in [1.165, 1.54) is 12.8 Å². The Kier molecular flexibility index (Phi) is 6.20.